The molecule has 2 unspecified atom stereocenters. The van der Waals surface area contributed by atoms with Crippen LogP contribution < -0.4 is 5.32 Å². The average Bonchev–Trinajstić information content (AvgIpc) is 3.71. The molecule has 0 aromatic carbocycles. The van der Waals surface area contributed by atoms with E-state index in [1.807, 2.05) is 0 Å². The van der Waals surface area contributed by atoms with Crippen molar-refractivity contribution in [3.63, 3.8) is 0 Å². The van der Waals surface area contributed by atoms with E-state index in [4.69, 9.17) is 29.4 Å². The number of hydrogen-bond acceptors (Lipinski definition) is 10. The predicted molar refractivity (Wildman–Crippen MR) is 155 cm³/mol. The molecule has 0 amide bonds. The van der Waals surface area contributed by atoms with Gasteiger partial charge < -0.3 is 29.6 Å². The molecule has 4 heterocycles. The molecular weight excluding hydrogens is 512 g/mol. The van der Waals surface area contributed by atoms with Crippen LogP contribution in [0.5, 0.6) is 0 Å². The molecule has 2 N–H and O–H groups in total. The molecule has 2 aromatic heterocycles. The van der Waals surface area contributed by atoms with E-state index in [9.17, 15) is 0 Å². The maximum Gasteiger partial charge on any atom is 0.207 e. The van der Waals surface area contributed by atoms with Crippen molar-refractivity contribution in [2.45, 2.75) is 101 Å². The van der Waals surface area contributed by atoms with Crippen LogP contribution in [-0.4, -0.2) is 77.2 Å². The molecule has 2 aliphatic heterocycles. The van der Waals surface area contributed by atoms with Crippen LogP contribution in [0.2, 0.25) is 0 Å². The fourth-order valence-electron chi connectivity index (χ4n) is 6.16. The minimum absolute atomic E-state index is 0.0440. The smallest absolute Gasteiger partial charge is 0.207 e. The lowest BCUT2D eigenvalue weighted by molar-refractivity contribution is -0.184. The van der Waals surface area contributed by atoms with Crippen molar-refractivity contribution in [2.24, 2.45) is 0 Å². The van der Waals surface area contributed by atoms with Gasteiger partial charge in [0, 0.05) is 30.8 Å². The second-order valence-electron chi connectivity index (χ2n) is 11.1. The van der Waals surface area contributed by atoms with E-state index in [2.05, 4.69) is 36.3 Å². The normalized spacial score (nSPS) is 22.7. The Balaban J connectivity index is 1.49. The summed E-state index contributed by atoms with van der Waals surface area (Å²) in [5.41, 5.74) is 2.77. The summed E-state index contributed by atoms with van der Waals surface area (Å²) in [6.07, 6.45) is 11.8. The first-order chi connectivity index (χ1) is 19.1. The van der Waals surface area contributed by atoms with Gasteiger partial charge in [0.1, 0.15) is 10.8 Å². The number of rotatable bonds is 13. The molecule has 0 bridgehead atoms. The summed E-state index contributed by atoms with van der Waals surface area (Å²) >= 11 is 1.69. The molecule has 9 nitrogen and oxygen atoms in total. The van der Waals surface area contributed by atoms with E-state index in [-0.39, 0.29) is 5.92 Å². The molecular formula is C29H44N6O3S. The van der Waals surface area contributed by atoms with Gasteiger partial charge in [0.05, 0.1) is 30.4 Å². The van der Waals surface area contributed by atoms with Gasteiger partial charge in [-0.05, 0) is 64.3 Å². The van der Waals surface area contributed by atoms with E-state index >= 15 is 0 Å². The van der Waals surface area contributed by atoms with E-state index in [1.165, 1.54) is 19.1 Å². The summed E-state index contributed by atoms with van der Waals surface area (Å²) in [6.45, 7) is 7.55. The average molecular weight is 557 g/mol. The highest BCUT2D eigenvalue weighted by Gasteiger charge is 2.48. The summed E-state index contributed by atoms with van der Waals surface area (Å²) in [6, 6.07) is 0.461. The summed E-state index contributed by atoms with van der Waals surface area (Å²) < 4.78 is 18.6. The van der Waals surface area contributed by atoms with Crippen molar-refractivity contribution in [1.29, 1.82) is 5.41 Å². The largest absolute Gasteiger partial charge is 0.368 e. The van der Waals surface area contributed by atoms with Gasteiger partial charge in [0.15, 0.2) is 5.79 Å². The standard InChI is InChI=1S/C29H44N6O3S/c1-4-6-13-29(36-15-16-37-29)23-12-8-11-21-24(23)34-38-25(21)27-32-26(31-19-20-10-9-14-35(20)3)22(18-30)28(33-27)39-17-7-5-2/h18,20,23,30H,4-17,19H2,1-3H3,(H,31,32,33). The topological polar surface area (TPSA) is 109 Å². The minimum Gasteiger partial charge on any atom is -0.368 e. The van der Waals surface area contributed by atoms with Gasteiger partial charge in [-0.2, -0.15) is 0 Å². The molecule has 5 rings (SSSR count). The lowest BCUT2D eigenvalue weighted by atomic mass is 9.79. The number of nitrogens with one attached hydrogen (secondary N) is 2. The fourth-order valence-corrected chi connectivity index (χ4v) is 7.25. The number of fused-ring (bicyclic) bond motifs is 1. The third kappa shape index (κ3) is 6.04. The first-order valence-electron chi connectivity index (χ1n) is 14.9. The predicted octanol–water partition coefficient (Wildman–Crippen LogP) is 5.88. The second-order valence-corrected chi connectivity index (χ2v) is 12.1. The Bertz CT molecular complexity index is 1120. The van der Waals surface area contributed by atoms with Crippen LogP contribution >= 0.6 is 11.8 Å². The monoisotopic (exact) mass is 556 g/mol. The van der Waals surface area contributed by atoms with Crippen molar-refractivity contribution in [3.05, 3.63) is 16.8 Å². The third-order valence-electron chi connectivity index (χ3n) is 8.43. The minimum atomic E-state index is -0.620. The van der Waals surface area contributed by atoms with Crippen molar-refractivity contribution in [3.8, 4) is 11.6 Å². The maximum absolute atomic E-state index is 8.20. The fraction of sp³-hybridized carbons (Fsp3) is 0.724. The van der Waals surface area contributed by atoms with Gasteiger partial charge in [-0.15, -0.1) is 11.8 Å². The number of ether oxygens (including phenoxy) is 2. The number of aromatic nitrogens is 3. The van der Waals surface area contributed by atoms with Gasteiger partial charge in [0.2, 0.25) is 11.6 Å². The van der Waals surface area contributed by atoms with E-state index in [1.54, 1.807) is 11.8 Å². The summed E-state index contributed by atoms with van der Waals surface area (Å²) in [4.78, 5) is 12.3. The molecule has 3 aliphatic rings. The number of likely N-dealkylation sites (N-methyl/N-ethyl adjacent to an activating group) is 1. The maximum atomic E-state index is 8.20. The molecule has 2 fully saturated rings. The van der Waals surface area contributed by atoms with Crippen LogP contribution in [0.25, 0.3) is 11.6 Å². The summed E-state index contributed by atoms with van der Waals surface area (Å²) in [5.74, 6) is 2.27. The zero-order valence-corrected chi connectivity index (χ0v) is 24.6. The Hall–Kier alpha value is -2.01. The van der Waals surface area contributed by atoms with Crippen molar-refractivity contribution < 1.29 is 14.0 Å². The zero-order chi connectivity index (χ0) is 27.2. The lowest BCUT2D eigenvalue weighted by Crippen LogP contribution is -2.39. The summed E-state index contributed by atoms with van der Waals surface area (Å²) in [7, 11) is 2.18. The van der Waals surface area contributed by atoms with Gasteiger partial charge in [-0.25, -0.2) is 9.97 Å². The Morgan fingerprint density at radius 1 is 1.13 bits per heavy atom. The number of nitrogens with zero attached hydrogens (tertiary/aromatic N) is 4. The van der Waals surface area contributed by atoms with Crippen molar-refractivity contribution in [2.75, 3.05) is 44.4 Å². The van der Waals surface area contributed by atoms with Crippen LogP contribution in [0, 0.1) is 5.41 Å². The van der Waals surface area contributed by atoms with E-state index in [0.717, 1.165) is 92.1 Å². The van der Waals surface area contributed by atoms with Gasteiger partial charge in [-0.3, -0.25) is 0 Å². The first kappa shape index (κ1) is 28.5. The molecule has 39 heavy (non-hydrogen) atoms. The van der Waals surface area contributed by atoms with E-state index in [0.29, 0.717) is 36.7 Å². The van der Waals surface area contributed by atoms with Crippen molar-refractivity contribution in [1.82, 2.24) is 20.0 Å². The van der Waals surface area contributed by atoms with Gasteiger partial charge >= 0.3 is 0 Å². The molecule has 0 saturated carbocycles. The Morgan fingerprint density at radius 3 is 2.67 bits per heavy atom. The summed E-state index contributed by atoms with van der Waals surface area (Å²) in [5, 5.41) is 17.2. The van der Waals surface area contributed by atoms with Crippen LogP contribution in [0.4, 0.5) is 5.82 Å². The number of unbranched alkanes of at least 4 members (excludes halogenated alkanes) is 2. The molecule has 2 atom stereocenters. The number of likely N-dealkylation sites (tertiary alicyclic amines) is 1. The first-order valence-corrected chi connectivity index (χ1v) is 15.8. The molecule has 214 valence electrons. The SMILES string of the molecule is CCCCSc1nc(-c2onc3c2CCCC3C2(CCCC)OCCO2)nc(NCC2CCCN2C)c1C=N. The Morgan fingerprint density at radius 2 is 1.95 bits per heavy atom. The van der Waals surface area contributed by atoms with E-state index < -0.39 is 5.79 Å². The molecule has 0 radical (unpaired) electrons. The molecule has 1 aliphatic carbocycles. The van der Waals surface area contributed by atoms with Crippen LogP contribution in [-0.2, 0) is 15.9 Å². The molecule has 2 aromatic rings. The highest BCUT2D eigenvalue weighted by molar-refractivity contribution is 7.99. The number of thioether (sulfide) groups is 1. The molecule has 10 heteroatoms. The van der Waals surface area contributed by atoms with Crippen LogP contribution in [0.1, 0.15) is 94.4 Å². The lowest BCUT2D eigenvalue weighted by Gasteiger charge is -2.37. The van der Waals surface area contributed by atoms with Gasteiger partial charge in [0.25, 0.3) is 0 Å². The number of anilines is 1. The Labute approximate surface area is 236 Å². The molecule has 2 saturated heterocycles. The molecule has 0 spiro atoms. The highest BCUT2D eigenvalue weighted by atomic mass is 32.2. The van der Waals surface area contributed by atoms with Crippen LogP contribution in [0.3, 0.4) is 0 Å². The van der Waals surface area contributed by atoms with Crippen LogP contribution in [0.15, 0.2) is 9.55 Å². The highest BCUT2D eigenvalue weighted by Crippen LogP contribution is 2.47. The second kappa shape index (κ2) is 13.1. The van der Waals surface area contributed by atoms with Gasteiger partial charge in [-0.1, -0.05) is 31.8 Å². The van der Waals surface area contributed by atoms with Crippen molar-refractivity contribution >= 4 is 23.8 Å². The Kier molecular flexibility index (Phi) is 9.58. The third-order valence-corrected chi connectivity index (χ3v) is 9.50. The zero-order valence-electron chi connectivity index (χ0n) is 23.8. The number of hydrogen-bond donors (Lipinski definition) is 2. The quantitative estimate of drug-likeness (QED) is 0.135.